The molecule has 1 aromatic heterocycles. The van der Waals surface area contributed by atoms with Crippen molar-refractivity contribution in [1.82, 2.24) is 9.97 Å². The Morgan fingerprint density at radius 1 is 1.50 bits per heavy atom. The van der Waals surface area contributed by atoms with E-state index in [9.17, 15) is 0 Å². The number of nitrogen functional groups attached to an aromatic ring is 1. The van der Waals surface area contributed by atoms with Crippen LogP contribution in [0.3, 0.4) is 0 Å². The maximum Gasteiger partial charge on any atom is 0.157 e. The average molecular weight is 241 g/mol. The molecule has 1 heterocycles. The zero-order valence-electron chi connectivity index (χ0n) is 9.63. The van der Waals surface area contributed by atoms with Gasteiger partial charge in [0.25, 0.3) is 0 Å². The first-order valence-corrected chi connectivity index (χ1v) is 5.93. The lowest BCUT2D eigenvalue weighted by atomic mass is 9.92. The van der Waals surface area contributed by atoms with Crippen LogP contribution in [0.2, 0.25) is 5.15 Å². The highest BCUT2D eigenvalue weighted by molar-refractivity contribution is 6.32. The van der Waals surface area contributed by atoms with Gasteiger partial charge in [0, 0.05) is 6.54 Å². The number of hydrogen-bond acceptors (Lipinski definition) is 4. The molecule has 88 valence electrons. The molecule has 0 saturated heterocycles. The number of halogens is 1. The number of hydrogen-bond donors (Lipinski definition) is 2. The second kappa shape index (κ2) is 4.09. The minimum absolute atomic E-state index is 0.312. The highest BCUT2D eigenvalue weighted by Gasteiger charge is 2.45. The van der Waals surface area contributed by atoms with Crippen LogP contribution < -0.4 is 11.1 Å². The number of rotatable bonds is 4. The molecule has 5 heteroatoms. The van der Waals surface area contributed by atoms with Gasteiger partial charge in [-0.2, -0.15) is 0 Å². The van der Waals surface area contributed by atoms with Crippen LogP contribution in [0.15, 0.2) is 6.33 Å². The van der Waals surface area contributed by atoms with E-state index in [1.54, 1.807) is 0 Å². The quantitative estimate of drug-likeness (QED) is 0.794. The van der Waals surface area contributed by atoms with Crippen LogP contribution >= 0.6 is 11.6 Å². The van der Waals surface area contributed by atoms with Gasteiger partial charge in [0.2, 0.25) is 0 Å². The summed E-state index contributed by atoms with van der Waals surface area (Å²) in [4.78, 5) is 7.92. The van der Waals surface area contributed by atoms with Crippen LogP contribution in [-0.4, -0.2) is 16.5 Å². The Morgan fingerprint density at radius 2 is 2.19 bits per heavy atom. The van der Waals surface area contributed by atoms with Gasteiger partial charge in [-0.3, -0.25) is 0 Å². The van der Waals surface area contributed by atoms with Crippen molar-refractivity contribution >= 4 is 23.1 Å². The number of nitrogens with zero attached hydrogens (tertiary/aromatic N) is 2. The van der Waals surface area contributed by atoms with Crippen molar-refractivity contribution in [3.8, 4) is 0 Å². The minimum atomic E-state index is 0.312. The van der Waals surface area contributed by atoms with E-state index >= 15 is 0 Å². The summed E-state index contributed by atoms with van der Waals surface area (Å²) in [5.41, 5.74) is 6.64. The third kappa shape index (κ3) is 2.07. The molecule has 2 rings (SSSR count). The lowest BCUT2D eigenvalue weighted by Gasteiger charge is -2.20. The first-order valence-electron chi connectivity index (χ1n) is 5.55. The van der Waals surface area contributed by atoms with Crippen LogP contribution in [0.25, 0.3) is 0 Å². The van der Waals surface area contributed by atoms with E-state index in [-0.39, 0.29) is 0 Å². The molecule has 0 radical (unpaired) electrons. The number of nitrogens with one attached hydrogen (secondary N) is 1. The van der Waals surface area contributed by atoms with E-state index in [1.165, 1.54) is 19.2 Å². The Labute approximate surface area is 101 Å². The summed E-state index contributed by atoms with van der Waals surface area (Å²) in [5, 5.41) is 3.59. The Balaban J connectivity index is 2.03. The van der Waals surface area contributed by atoms with Crippen molar-refractivity contribution in [3.63, 3.8) is 0 Å². The summed E-state index contributed by atoms with van der Waals surface area (Å²) in [6.07, 6.45) is 3.97. The molecule has 0 spiro atoms. The second-order valence-corrected chi connectivity index (χ2v) is 5.16. The van der Waals surface area contributed by atoms with E-state index < -0.39 is 0 Å². The predicted molar refractivity (Wildman–Crippen MR) is 66.4 cm³/mol. The molecule has 1 aromatic rings. The Morgan fingerprint density at radius 3 is 2.75 bits per heavy atom. The van der Waals surface area contributed by atoms with E-state index in [2.05, 4.69) is 29.1 Å². The minimum Gasteiger partial charge on any atom is -0.393 e. The van der Waals surface area contributed by atoms with Gasteiger partial charge in [-0.25, -0.2) is 9.97 Å². The lowest BCUT2D eigenvalue weighted by molar-refractivity contribution is 0.380. The van der Waals surface area contributed by atoms with Gasteiger partial charge in [-0.15, -0.1) is 0 Å². The Kier molecular flexibility index (Phi) is 2.93. The second-order valence-electron chi connectivity index (χ2n) is 4.80. The van der Waals surface area contributed by atoms with Crippen LogP contribution in [0.1, 0.15) is 26.7 Å². The predicted octanol–water partition coefficient (Wildman–Crippen LogP) is 2.56. The number of anilines is 2. The third-order valence-electron chi connectivity index (χ3n) is 3.56. The zero-order valence-corrected chi connectivity index (χ0v) is 10.4. The highest BCUT2D eigenvalue weighted by atomic mass is 35.5. The SMILES string of the molecule is CC(C)C1(CNc2ncnc(Cl)c2N)CC1. The fraction of sp³-hybridized carbons (Fsp3) is 0.636. The van der Waals surface area contributed by atoms with E-state index in [0.29, 0.717) is 28.0 Å². The molecule has 3 N–H and O–H groups in total. The highest BCUT2D eigenvalue weighted by Crippen LogP contribution is 2.51. The normalized spacial score (nSPS) is 17.5. The fourth-order valence-electron chi connectivity index (χ4n) is 1.89. The van der Waals surface area contributed by atoms with Crippen LogP contribution in [0.5, 0.6) is 0 Å². The van der Waals surface area contributed by atoms with Gasteiger partial charge >= 0.3 is 0 Å². The van der Waals surface area contributed by atoms with Crippen molar-refractivity contribution in [1.29, 1.82) is 0 Å². The van der Waals surface area contributed by atoms with Crippen molar-refractivity contribution in [2.45, 2.75) is 26.7 Å². The van der Waals surface area contributed by atoms with Crippen LogP contribution in [0.4, 0.5) is 11.5 Å². The summed E-state index contributed by atoms with van der Waals surface area (Å²) in [6, 6.07) is 0. The van der Waals surface area contributed by atoms with Crippen LogP contribution in [-0.2, 0) is 0 Å². The Bertz CT molecular complexity index is 388. The molecule has 0 atom stereocenters. The largest absolute Gasteiger partial charge is 0.393 e. The lowest BCUT2D eigenvalue weighted by Crippen LogP contribution is -2.22. The van der Waals surface area contributed by atoms with Gasteiger partial charge < -0.3 is 11.1 Å². The first-order chi connectivity index (χ1) is 7.55. The summed E-state index contributed by atoms with van der Waals surface area (Å²) < 4.78 is 0. The molecule has 1 saturated carbocycles. The maximum absolute atomic E-state index is 5.83. The topological polar surface area (TPSA) is 63.8 Å². The molecular formula is C11H17ClN4. The summed E-state index contributed by atoms with van der Waals surface area (Å²) in [5.74, 6) is 1.32. The zero-order chi connectivity index (χ0) is 11.8. The number of nitrogens with two attached hydrogens (primary N) is 1. The van der Waals surface area contributed by atoms with E-state index in [1.807, 2.05) is 0 Å². The molecule has 0 amide bonds. The first kappa shape index (κ1) is 11.5. The molecule has 0 aromatic carbocycles. The molecule has 16 heavy (non-hydrogen) atoms. The van der Waals surface area contributed by atoms with E-state index in [0.717, 1.165) is 6.54 Å². The molecule has 1 fully saturated rings. The average Bonchev–Trinajstić information content (AvgIpc) is 3.01. The van der Waals surface area contributed by atoms with Crippen molar-refractivity contribution < 1.29 is 0 Å². The molecule has 0 unspecified atom stereocenters. The standard InChI is InChI=1S/C11H17ClN4/c1-7(2)11(3-4-11)5-14-10-8(13)9(12)15-6-16-10/h6-7H,3-5,13H2,1-2H3,(H,14,15,16). The van der Waals surface area contributed by atoms with Crippen LogP contribution in [0, 0.1) is 11.3 Å². The molecule has 0 bridgehead atoms. The van der Waals surface area contributed by atoms with Gasteiger partial charge in [-0.1, -0.05) is 25.4 Å². The molecular weight excluding hydrogens is 224 g/mol. The van der Waals surface area contributed by atoms with Crippen molar-refractivity contribution in [3.05, 3.63) is 11.5 Å². The van der Waals surface area contributed by atoms with Crippen molar-refractivity contribution in [2.75, 3.05) is 17.6 Å². The Hall–Kier alpha value is -1.03. The molecule has 0 aliphatic heterocycles. The fourth-order valence-corrected chi connectivity index (χ4v) is 2.03. The van der Waals surface area contributed by atoms with Gasteiger partial charge in [0.15, 0.2) is 11.0 Å². The maximum atomic E-state index is 5.83. The van der Waals surface area contributed by atoms with Gasteiger partial charge in [-0.05, 0) is 24.2 Å². The summed E-state index contributed by atoms with van der Waals surface area (Å²) in [7, 11) is 0. The monoisotopic (exact) mass is 240 g/mol. The summed E-state index contributed by atoms with van der Waals surface area (Å²) >= 11 is 5.83. The summed E-state index contributed by atoms with van der Waals surface area (Å²) in [6.45, 7) is 5.41. The molecule has 1 aliphatic carbocycles. The smallest absolute Gasteiger partial charge is 0.157 e. The van der Waals surface area contributed by atoms with Gasteiger partial charge in [0.05, 0.1) is 0 Å². The number of aromatic nitrogens is 2. The van der Waals surface area contributed by atoms with E-state index in [4.69, 9.17) is 17.3 Å². The molecule has 1 aliphatic rings. The third-order valence-corrected chi connectivity index (χ3v) is 3.86. The van der Waals surface area contributed by atoms with Crippen molar-refractivity contribution in [2.24, 2.45) is 11.3 Å². The molecule has 4 nitrogen and oxygen atoms in total. The van der Waals surface area contributed by atoms with Gasteiger partial charge in [0.1, 0.15) is 12.0 Å².